The average molecular weight is 613 g/mol. The van der Waals surface area contributed by atoms with E-state index < -0.39 is 11.2 Å². The van der Waals surface area contributed by atoms with Crippen LogP contribution < -0.4 is 0 Å². The van der Waals surface area contributed by atoms with Crippen LogP contribution in [-0.4, -0.2) is 0 Å². The molecule has 3 heteroatoms. The number of furan rings is 1. The molecule has 1 aromatic heterocycles. The van der Waals surface area contributed by atoms with Crippen LogP contribution in [0.5, 0.6) is 0 Å². The standard InChI is InChI=1S/C44H36O3/c1-7-19-36(20-8-1)43(37-21-9-2-10-22-37,38-23-11-3-12-24-38)46-33-35-31-32-45-42(35)34-47-44(39-25-13-4-14-26-39,40-27-15-5-16-28-40)41-29-17-6-18-30-41/h1-32H,33-34H2. The second-order valence-corrected chi connectivity index (χ2v) is 11.5. The molecule has 0 aliphatic carbocycles. The van der Waals surface area contributed by atoms with Gasteiger partial charge in [-0.3, -0.25) is 0 Å². The molecule has 0 saturated carbocycles. The zero-order chi connectivity index (χ0) is 31.8. The summed E-state index contributed by atoms with van der Waals surface area (Å²) in [6, 6.07) is 64.5. The van der Waals surface area contributed by atoms with Crippen LogP contribution in [0.4, 0.5) is 0 Å². The minimum Gasteiger partial charge on any atom is -0.467 e. The molecule has 6 aromatic carbocycles. The lowest BCUT2D eigenvalue weighted by Gasteiger charge is -2.36. The quantitative estimate of drug-likeness (QED) is 0.129. The van der Waals surface area contributed by atoms with Crippen molar-refractivity contribution in [1.29, 1.82) is 0 Å². The molecule has 47 heavy (non-hydrogen) atoms. The molecule has 0 N–H and O–H groups in total. The van der Waals surface area contributed by atoms with E-state index in [2.05, 4.69) is 146 Å². The van der Waals surface area contributed by atoms with Gasteiger partial charge in [-0.1, -0.05) is 182 Å². The summed E-state index contributed by atoms with van der Waals surface area (Å²) in [4.78, 5) is 0. The van der Waals surface area contributed by atoms with Crippen molar-refractivity contribution < 1.29 is 13.9 Å². The van der Waals surface area contributed by atoms with Gasteiger partial charge in [-0.05, 0) is 39.4 Å². The van der Waals surface area contributed by atoms with Crippen LogP contribution in [0, 0.1) is 0 Å². The van der Waals surface area contributed by atoms with Gasteiger partial charge in [-0.2, -0.15) is 0 Å². The SMILES string of the molecule is c1ccc(C(OCc2ccoc2COC(c2ccccc2)(c2ccccc2)c2ccccc2)(c2ccccc2)c2ccccc2)cc1. The van der Waals surface area contributed by atoms with Gasteiger partial charge in [0, 0.05) is 5.56 Å². The van der Waals surface area contributed by atoms with E-state index in [-0.39, 0.29) is 6.61 Å². The highest BCUT2D eigenvalue weighted by Gasteiger charge is 2.39. The molecule has 7 rings (SSSR count). The van der Waals surface area contributed by atoms with Crippen LogP contribution in [-0.2, 0) is 33.9 Å². The van der Waals surface area contributed by atoms with Gasteiger partial charge in [0.1, 0.15) is 23.6 Å². The van der Waals surface area contributed by atoms with Crippen molar-refractivity contribution in [1.82, 2.24) is 0 Å². The predicted octanol–water partition coefficient (Wildman–Crippen LogP) is 10.3. The Morgan fingerprint density at radius 1 is 0.340 bits per heavy atom. The van der Waals surface area contributed by atoms with Gasteiger partial charge in [0.2, 0.25) is 0 Å². The molecule has 0 aliphatic rings. The molecule has 7 aromatic rings. The van der Waals surface area contributed by atoms with Crippen LogP contribution in [0.25, 0.3) is 0 Å². The van der Waals surface area contributed by atoms with Gasteiger partial charge >= 0.3 is 0 Å². The van der Waals surface area contributed by atoms with Crippen molar-refractivity contribution in [3.8, 4) is 0 Å². The minimum atomic E-state index is -0.865. The highest BCUT2D eigenvalue weighted by atomic mass is 16.5. The number of rotatable bonds is 12. The first kappa shape index (κ1) is 30.2. The first-order chi connectivity index (χ1) is 23.3. The predicted molar refractivity (Wildman–Crippen MR) is 187 cm³/mol. The molecule has 0 fully saturated rings. The molecule has 0 saturated heterocycles. The third kappa shape index (κ3) is 5.95. The summed E-state index contributed by atoms with van der Waals surface area (Å²) in [7, 11) is 0. The molecule has 0 spiro atoms. The minimum absolute atomic E-state index is 0.236. The highest BCUT2D eigenvalue weighted by molar-refractivity contribution is 5.49. The summed E-state index contributed by atoms with van der Waals surface area (Å²) in [5, 5.41) is 0. The van der Waals surface area contributed by atoms with Crippen LogP contribution in [0.1, 0.15) is 44.7 Å². The molecular formula is C44H36O3. The molecule has 3 nitrogen and oxygen atoms in total. The molecule has 1 heterocycles. The Labute approximate surface area is 276 Å². The molecule has 0 bridgehead atoms. The van der Waals surface area contributed by atoms with Crippen molar-refractivity contribution in [2.45, 2.75) is 24.4 Å². The molecule has 0 amide bonds. The molecular weight excluding hydrogens is 576 g/mol. The summed E-state index contributed by atoms with van der Waals surface area (Å²) in [6.45, 7) is 0.544. The fourth-order valence-corrected chi connectivity index (χ4v) is 6.52. The number of hydrogen-bond acceptors (Lipinski definition) is 3. The fraction of sp³-hybridized carbons (Fsp3) is 0.0909. The van der Waals surface area contributed by atoms with Gasteiger partial charge in [0.25, 0.3) is 0 Å². The van der Waals surface area contributed by atoms with E-state index in [0.29, 0.717) is 6.61 Å². The van der Waals surface area contributed by atoms with Crippen molar-refractivity contribution in [2.24, 2.45) is 0 Å². The number of benzene rings is 6. The Morgan fingerprint density at radius 2 is 0.617 bits per heavy atom. The van der Waals surface area contributed by atoms with Crippen LogP contribution in [0.3, 0.4) is 0 Å². The number of ether oxygens (including phenoxy) is 2. The Hall–Kier alpha value is -5.48. The monoisotopic (exact) mass is 612 g/mol. The Kier molecular flexibility index (Phi) is 8.92. The second kappa shape index (κ2) is 13.9. The molecule has 0 atom stereocenters. The molecule has 0 aliphatic heterocycles. The maximum absolute atomic E-state index is 7.14. The largest absolute Gasteiger partial charge is 0.467 e. The normalized spacial score (nSPS) is 11.7. The molecule has 0 unspecified atom stereocenters. The topological polar surface area (TPSA) is 31.6 Å². The van der Waals surface area contributed by atoms with Gasteiger partial charge in [-0.25, -0.2) is 0 Å². The van der Waals surface area contributed by atoms with Gasteiger partial charge in [0.05, 0.1) is 12.9 Å². The summed E-state index contributed by atoms with van der Waals surface area (Å²) < 4.78 is 20.4. The van der Waals surface area contributed by atoms with E-state index >= 15 is 0 Å². The maximum atomic E-state index is 7.14. The fourth-order valence-electron chi connectivity index (χ4n) is 6.52. The zero-order valence-electron chi connectivity index (χ0n) is 26.1. The molecule has 0 radical (unpaired) electrons. The van der Waals surface area contributed by atoms with Crippen molar-refractivity contribution in [2.75, 3.05) is 0 Å². The van der Waals surface area contributed by atoms with E-state index in [1.165, 1.54) is 0 Å². The lowest BCUT2D eigenvalue weighted by molar-refractivity contribution is -0.0158. The summed E-state index contributed by atoms with van der Waals surface area (Å²) in [6.07, 6.45) is 1.72. The zero-order valence-corrected chi connectivity index (χ0v) is 26.1. The first-order valence-electron chi connectivity index (χ1n) is 16.0. The van der Waals surface area contributed by atoms with E-state index in [1.54, 1.807) is 6.26 Å². The Balaban J connectivity index is 1.27. The van der Waals surface area contributed by atoms with Crippen LogP contribution >= 0.6 is 0 Å². The Morgan fingerprint density at radius 3 is 0.915 bits per heavy atom. The Bertz CT molecular complexity index is 1620. The third-order valence-electron chi connectivity index (χ3n) is 8.78. The van der Waals surface area contributed by atoms with E-state index in [9.17, 15) is 0 Å². The smallest absolute Gasteiger partial charge is 0.144 e. The average Bonchev–Trinajstić information content (AvgIpc) is 3.62. The molecule has 230 valence electrons. The highest BCUT2D eigenvalue weighted by Crippen LogP contribution is 2.43. The van der Waals surface area contributed by atoms with E-state index in [0.717, 1.165) is 44.7 Å². The lowest BCUT2D eigenvalue weighted by Crippen LogP contribution is -2.33. The number of hydrogen-bond donors (Lipinski definition) is 0. The third-order valence-corrected chi connectivity index (χ3v) is 8.78. The van der Waals surface area contributed by atoms with Gasteiger partial charge < -0.3 is 13.9 Å². The summed E-state index contributed by atoms with van der Waals surface area (Å²) >= 11 is 0. The summed E-state index contributed by atoms with van der Waals surface area (Å²) in [5.74, 6) is 0.722. The van der Waals surface area contributed by atoms with E-state index in [1.807, 2.05) is 42.5 Å². The van der Waals surface area contributed by atoms with E-state index in [4.69, 9.17) is 13.9 Å². The summed E-state index contributed by atoms with van der Waals surface area (Å²) in [5.41, 5.74) is 5.49. The maximum Gasteiger partial charge on any atom is 0.144 e. The van der Waals surface area contributed by atoms with Crippen molar-refractivity contribution in [3.63, 3.8) is 0 Å². The van der Waals surface area contributed by atoms with Crippen molar-refractivity contribution in [3.05, 3.63) is 239 Å². The first-order valence-corrected chi connectivity index (χ1v) is 16.0. The second-order valence-electron chi connectivity index (χ2n) is 11.5. The van der Waals surface area contributed by atoms with Crippen LogP contribution in [0.2, 0.25) is 0 Å². The van der Waals surface area contributed by atoms with Gasteiger partial charge in [-0.15, -0.1) is 0 Å². The van der Waals surface area contributed by atoms with Gasteiger partial charge in [0.15, 0.2) is 0 Å². The lowest BCUT2D eigenvalue weighted by atomic mass is 9.80. The van der Waals surface area contributed by atoms with Crippen molar-refractivity contribution >= 4 is 0 Å². The van der Waals surface area contributed by atoms with Crippen LogP contribution in [0.15, 0.2) is 199 Å².